The molecule has 1 radical (unpaired) electrons. The molecule has 1 fully saturated rings. The summed E-state index contributed by atoms with van der Waals surface area (Å²) >= 11 is 0. The van der Waals surface area contributed by atoms with Crippen LogP contribution in [0.4, 0.5) is 0 Å². The predicted octanol–water partition coefficient (Wildman–Crippen LogP) is 1.88. The zero-order chi connectivity index (χ0) is 6.91. The molecule has 1 aliphatic carbocycles. The molecule has 0 amide bonds. The smallest absolute Gasteiger partial charge is 0.0518 e. The number of hydrogen-bond acceptors (Lipinski definition) is 1. The van der Waals surface area contributed by atoms with Crippen LogP contribution in [0.2, 0.25) is 0 Å². The maximum atomic E-state index is 5.05. The Kier molecular flexibility index (Phi) is 1.80. The largest absolute Gasteiger partial charge is 0.384 e. The quantitative estimate of drug-likeness (QED) is 0.562. The zero-order valence-electron chi connectivity index (χ0n) is 6.31. The van der Waals surface area contributed by atoms with Gasteiger partial charge in [-0.25, -0.2) is 0 Å². The van der Waals surface area contributed by atoms with E-state index in [0.717, 1.165) is 12.5 Å². The molecule has 0 saturated heterocycles. The minimum Gasteiger partial charge on any atom is -0.384 e. The number of rotatable bonds is 3. The minimum atomic E-state index is 0.189. The Morgan fingerprint density at radius 1 is 1.67 bits per heavy atom. The number of methoxy groups -OCH3 is 1. The molecule has 53 valence electrons. The summed E-state index contributed by atoms with van der Waals surface area (Å²) in [6, 6.07) is 0. The molecule has 9 heavy (non-hydrogen) atoms. The van der Waals surface area contributed by atoms with Gasteiger partial charge in [0.25, 0.3) is 0 Å². The van der Waals surface area contributed by atoms with Crippen molar-refractivity contribution in [3.8, 4) is 0 Å². The van der Waals surface area contributed by atoms with E-state index < -0.39 is 0 Å². The van der Waals surface area contributed by atoms with Gasteiger partial charge in [0.2, 0.25) is 0 Å². The highest BCUT2D eigenvalue weighted by atomic mass is 16.5. The van der Waals surface area contributed by atoms with Crippen molar-refractivity contribution in [2.24, 2.45) is 11.3 Å². The molecule has 0 bridgehead atoms. The molecule has 0 aromatic heterocycles. The lowest BCUT2D eigenvalue weighted by atomic mass is 9.89. The van der Waals surface area contributed by atoms with E-state index in [-0.39, 0.29) is 5.41 Å². The average Bonchev–Trinajstić information content (AvgIpc) is 2.41. The fraction of sp³-hybridized carbons (Fsp3) is 0.875. The molecule has 1 atom stereocenters. The fourth-order valence-electron chi connectivity index (χ4n) is 1.23. The third kappa shape index (κ3) is 1.68. The Labute approximate surface area is 57.4 Å². The Balaban J connectivity index is 2.30. The second kappa shape index (κ2) is 2.30. The minimum absolute atomic E-state index is 0.189. The molecule has 0 heterocycles. The summed E-state index contributed by atoms with van der Waals surface area (Å²) in [7, 11) is 1.74. The Morgan fingerprint density at radius 3 is 2.56 bits per heavy atom. The highest BCUT2D eigenvalue weighted by molar-refractivity contribution is 4.92. The van der Waals surface area contributed by atoms with Gasteiger partial charge in [-0.2, -0.15) is 0 Å². The Bertz CT molecular complexity index is 92.7. The molecule has 0 aromatic carbocycles. The topological polar surface area (TPSA) is 9.23 Å². The van der Waals surface area contributed by atoms with Gasteiger partial charge in [0.1, 0.15) is 0 Å². The lowest BCUT2D eigenvalue weighted by molar-refractivity contribution is 0.107. The molecular formula is C8H15O. The van der Waals surface area contributed by atoms with E-state index in [1.54, 1.807) is 7.11 Å². The van der Waals surface area contributed by atoms with Crippen molar-refractivity contribution >= 4 is 0 Å². The summed E-state index contributed by atoms with van der Waals surface area (Å²) in [5.74, 6) is 0.831. The molecule has 0 aliphatic heterocycles. The summed E-state index contributed by atoms with van der Waals surface area (Å²) in [6.07, 6.45) is 2.70. The standard InChI is InChI=1S/C8H15O/c1-8(2,6-9-3)7-4-5-7/h7H,1,4-6H2,2-3H3. The van der Waals surface area contributed by atoms with Crippen molar-refractivity contribution in [1.29, 1.82) is 0 Å². The summed E-state index contributed by atoms with van der Waals surface area (Å²) in [6.45, 7) is 7.07. The van der Waals surface area contributed by atoms with Crippen LogP contribution < -0.4 is 0 Å². The van der Waals surface area contributed by atoms with Gasteiger partial charge in [0.05, 0.1) is 6.61 Å². The van der Waals surface area contributed by atoms with E-state index in [9.17, 15) is 0 Å². The second-order valence-electron chi connectivity index (χ2n) is 3.36. The van der Waals surface area contributed by atoms with Crippen LogP contribution in [-0.4, -0.2) is 13.7 Å². The third-order valence-electron chi connectivity index (χ3n) is 2.04. The summed E-state index contributed by atoms with van der Waals surface area (Å²) in [5, 5.41) is 0. The van der Waals surface area contributed by atoms with Crippen LogP contribution >= 0.6 is 0 Å². The summed E-state index contributed by atoms with van der Waals surface area (Å²) < 4.78 is 5.05. The van der Waals surface area contributed by atoms with Crippen LogP contribution in [-0.2, 0) is 4.74 Å². The van der Waals surface area contributed by atoms with Gasteiger partial charge in [-0.3, -0.25) is 0 Å². The molecule has 0 aromatic rings. The Morgan fingerprint density at radius 2 is 2.22 bits per heavy atom. The van der Waals surface area contributed by atoms with Crippen LogP contribution in [0, 0.1) is 18.3 Å². The normalized spacial score (nSPS) is 20.3. The highest BCUT2D eigenvalue weighted by Crippen LogP contribution is 2.44. The van der Waals surface area contributed by atoms with Gasteiger partial charge in [-0.1, -0.05) is 6.92 Å². The first-order valence-corrected chi connectivity index (χ1v) is 3.51. The van der Waals surface area contributed by atoms with E-state index in [1.165, 1.54) is 12.8 Å². The van der Waals surface area contributed by atoms with E-state index in [4.69, 9.17) is 4.74 Å². The van der Waals surface area contributed by atoms with Crippen LogP contribution in [0.3, 0.4) is 0 Å². The first-order chi connectivity index (χ1) is 4.17. The SMILES string of the molecule is [CH2]C(C)(COC)C1CC1. The van der Waals surface area contributed by atoms with Crippen LogP contribution in [0.15, 0.2) is 0 Å². The molecule has 1 heteroatoms. The van der Waals surface area contributed by atoms with E-state index >= 15 is 0 Å². The van der Waals surface area contributed by atoms with Crippen LogP contribution in [0.1, 0.15) is 19.8 Å². The maximum Gasteiger partial charge on any atom is 0.0518 e. The molecule has 1 rings (SSSR count). The van der Waals surface area contributed by atoms with Crippen molar-refractivity contribution in [3.63, 3.8) is 0 Å². The van der Waals surface area contributed by atoms with Crippen LogP contribution in [0.25, 0.3) is 0 Å². The third-order valence-corrected chi connectivity index (χ3v) is 2.04. The molecule has 1 saturated carbocycles. The average molecular weight is 127 g/mol. The molecule has 0 spiro atoms. The predicted molar refractivity (Wildman–Crippen MR) is 38.1 cm³/mol. The van der Waals surface area contributed by atoms with Crippen molar-refractivity contribution in [3.05, 3.63) is 6.92 Å². The van der Waals surface area contributed by atoms with Gasteiger partial charge in [0, 0.05) is 7.11 Å². The number of ether oxygens (including phenoxy) is 1. The van der Waals surface area contributed by atoms with Gasteiger partial charge >= 0.3 is 0 Å². The monoisotopic (exact) mass is 127 g/mol. The van der Waals surface area contributed by atoms with Gasteiger partial charge in [-0.05, 0) is 31.1 Å². The maximum absolute atomic E-state index is 5.05. The first kappa shape index (κ1) is 7.07. The van der Waals surface area contributed by atoms with Crippen molar-refractivity contribution < 1.29 is 4.74 Å². The lowest BCUT2D eigenvalue weighted by Crippen LogP contribution is -2.20. The lowest BCUT2D eigenvalue weighted by Gasteiger charge is -2.22. The van der Waals surface area contributed by atoms with Crippen molar-refractivity contribution in [2.45, 2.75) is 19.8 Å². The van der Waals surface area contributed by atoms with E-state index in [2.05, 4.69) is 13.8 Å². The van der Waals surface area contributed by atoms with Gasteiger partial charge in [0.15, 0.2) is 0 Å². The second-order valence-corrected chi connectivity index (χ2v) is 3.36. The van der Waals surface area contributed by atoms with E-state index in [0.29, 0.717) is 0 Å². The van der Waals surface area contributed by atoms with Crippen molar-refractivity contribution in [1.82, 2.24) is 0 Å². The molecule has 1 unspecified atom stereocenters. The summed E-state index contributed by atoms with van der Waals surface area (Å²) in [5.41, 5.74) is 0.189. The molecular weight excluding hydrogens is 112 g/mol. The summed E-state index contributed by atoms with van der Waals surface area (Å²) in [4.78, 5) is 0. The van der Waals surface area contributed by atoms with E-state index in [1.807, 2.05) is 0 Å². The zero-order valence-corrected chi connectivity index (χ0v) is 6.31. The highest BCUT2D eigenvalue weighted by Gasteiger charge is 2.37. The van der Waals surface area contributed by atoms with Gasteiger partial charge < -0.3 is 4.74 Å². The molecule has 1 nitrogen and oxygen atoms in total. The van der Waals surface area contributed by atoms with Crippen LogP contribution in [0.5, 0.6) is 0 Å². The fourth-order valence-corrected chi connectivity index (χ4v) is 1.23. The first-order valence-electron chi connectivity index (χ1n) is 3.51. The van der Waals surface area contributed by atoms with Gasteiger partial charge in [-0.15, -0.1) is 0 Å². The molecule has 0 N–H and O–H groups in total. The Hall–Kier alpha value is -0.0400. The number of hydrogen-bond donors (Lipinski definition) is 0. The van der Waals surface area contributed by atoms with Crippen molar-refractivity contribution in [2.75, 3.05) is 13.7 Å². The molecule has 1 aliphatic rings.